The maximum Gasteiger partial charge on any atom is 0.326 e. The highest BCUT2D eigenvalue weighted by atomic mass is 16.4. The number of benzene rings is 2. The molecule has 146 valence electrons. The third-order valence-corrected chi connectivity index (χ3v) is 4.70. The van der Waals surface area contributed by atoms with E-state index in [4.69, 9.17) is 0 Å². The van der Waals surface area contributed by atoms with Gasteiger partial charge in [0.05, 0.1) is 11.4 Å². The maximum absolute atomic E-state index is 13.1. The van der Waals surface area contributed by atoms with Gasteiger partial charge in [-0.2, -0.15) is 0 Å². The number of anilines is 2. The number of para-hydroxylation sites is 2. The molecule has 0 aliphatic carbocycles. The van der Waals surface area contributed by atoms with Crippen LogP contribution in [0, 0.1) is 5.92 Å². The van der Waals surface area contributed by atoms with Crippen LogP contribution in [-0.4, -0.2) is 35.1 Å². The first kappa shape index (κ1) is 19.4. The molecule has 1 aliphatic rings. The Kier molecular flexibility index (Phi) is 5.63. The number of hydrogen-bond acceptors (Lipinski definition) is 3. The molecule has 0 bridgehead atoms. The molecule has 2 aromatic rings. The van der Waals surface area contributed by atoms with E-state index in [0.29, 0.717) is 11.4 Å². The number of hydrogen-bond donors (Lipinski definition) is 3. The molecular weight excluding hydrogens is 358 g/mol. The van der Waals surface area contributed by atoms with Crippen molar-refractivity contribution >= 4 is 29.3 Å². The smallest absolute Gasteiger partial charge is 0.326 e. The predicted molar refractivity (Wildman–Crippen MR) is 106 cm³/mol. The summed E-state index contributed by atoms with van der Waals surface area (Å²) in [5, 5.41) is 15.0. The number of rotatable bonds is 5. The Hall–Kier alpha value is -3.35. The first-order valence-electron chi connectivity index (χ1n) is 9.15. The quantitative estimate of drug-likeness (QED) is 0.742. The van der Waals surface area contributed by atoms with Crippen LogP contribution < -0.4 is 15.5 Å². The Labute approximate surface area is 163 Å². The third-order valence-electron chi connectivity index (χ3n) is 4.70. The van der Waals surface area contributed by atoms with Crippen molar-refractivity contribution < 1.29 is 19.5 Å². The molecule has 0 saturated carbocycles. The van der Waals surface area contributed by atoms with Crippen LogP contribution in [0.4, 0.5) is 16.2 Å². The van der Waals surface area contributed by atoms with Gasteiger partial charge in [-0.25, -0.2) is 9.59 Å². The van der Waals surface area contributed by atoms with E-state index in [1.165, 1.54) is 4.90 Å². The predicted octanol–water partition coefficient (Wildman–Crippen LogP) is 2.88. The molecular formula is C21H23N3O4. The van der Waals surface area contributed by atoms with Gasteiger partial charge in [0, 0.05) is 6.42 Å². The summed E-state index contributed by atoms with van der Waals surface area (Å²) in [7, 11) is 0. The molecule has 3 N–H and O–H groups in total. The van der Waals surface area contributed by atoms with Crippen LogP contribution in [0.1, 0.15) is 19.4 Å². The zero-order chi connectivity index (χ0) is 20.3. The van der Waals surface area contributed by atoms with Crippen molar-refractivity contribution in [1.82, 2.24) is 5.32 Å². The van der Waals surface area contributed by atoms with Crippen molar-refractivity contribution in [3.63, 3.8) is 0 Å². The topological polar surface area (TPSA) is 98.7 Å². The van der Waals surface area contributed by atoms with E-state index in [1.54, 1.807) is 24.3 Å². The van der Waals surface area contributed by atoms with E-state index in [9.17, 15) is 19.5 Å². The summed E-state index contributed by atoms with van der Waals surface area (Å²) < 4.78 is 0. The Morgan fingerprint density at radius 3 is 2.39 bits per heavy atom. The normalized spacial score (nSPS) is 16.9. The molecule has 7 nitrogen and oxygen atoms in total. The number of carboxylic acid groups (broad SMARTS) is 1. The minimum absolute atomic E-state index is 0.149. The molecule has 7 heteroatoms. The number of carbonyl (C=O) groups is 3. The second-order valence-corrected chi connectivity index (χ2v) is 7.10. The molecule has 2 atom stereocenters. The van der Waals surface area contributed by atoms with E-state index in [2.05, 4.69) is 10.6 Å². The summed E-state index contributed by atoms with van der Waals surface area (Å²) in [5.74, 6) is -1.58. The Morgan fingerprint density at radius 1 is 1.11 bits per heavy atom. The molecule has 0 radical (unpaired) electrons. The number of fused-ring (bicyclic) bond motifs is 1. The first-order valence-corrected chi connectivity index (χ1v) is 9.15. The van der Waals surface area contributed by atoms with E-state index < -0.39 is 24.1 Å². The highest BCUT2D eigenvalue weighted by molar-refractivity contribution is 6.12. The van der Waals surface area contributed by atoms with Crippen LogP contribution in [0.2, 0.25) is 0 Å². The van der Waals surface area contributed by atoms with Gasteiger partial charge >= 0.3 is 12.0 Å². The Balaban J connectivity index is 1.89. The van der Waals surface area contributed by atoms with E-state index >= 15 is 0 Å². The molecule has 0 saturated heterocycles. The number of carboxylic acids is 1. The van der Waals surface area contributed by atoms with Crippen molar-refractivity contribution in [1.29, 1.82) is 0 Å². The molecule has 3 amide bonds. The maximum atomic E-state index is 13.1. The average Bonchev–Trinajstić information content (AvgIpc) is 2.66. The minimum atomic E-state index is -1.13. The molecule has 0 spiro atoms. The Bertz CT molecular complexity index is 882. The van der Waals surface area contributed by atoms with Gasteiger partial charge in [-0.05, 0) is 23.6 Å². The summed E-state index contributed by atoms with van der Waals surface area (Å²) in [6.45, 7) is 3.69. The first-order chi connectivity index (χ1) is 13.4. The van der Waals surface area contributed by atoms with E-state index in [-0.39, 0.29) is 18.2 Å². The fourth-order valence-electron chi connectivity index (χ4n) is 3.37. The average molecular weight is 381 g/mol. The zero-order valence-electron chi connectivity index (χ0n) is 15.8. The monoisotopic (exact) mass is 381 g/mol. The van der Waals surface area contributed by atoms with Crippen molar-refractivity contribution in [2.24, 2.45) is 5.92 Å². The summed E-state index contributed by atoms with van der Waals surface area (Å²) in [6, 6.07) is 13.6. The van der Waals surface area contributed by atoms with Gasteiger partial charge in [0.15, 0.2) is 0 Å². The van der Waals surface area contributed by atoms with E-state index in [0.717, 1.165) is 5.56 Å². The fourth-order valence-corrected chi connectivity index (χ4v) is 3.37. The van der Waals surface area contributed by atoms with Gasteiger partial charge in [-0.15, -0.1) is 0 Å². The van der Waals surface area contributed by atoms with Crippen molar-refractivity contribution in [2.75, 3.05) is 10.2 Å². The molecule has 0 unspecified atom stereocenters. The number of amides is 3. The number of nitrogens with one attached hydrogen (secondary N) is 2. The van der Waals surface area contributed by atoms with E-state index in [1.807, 2.05) is 44.2 Å². The lowest BCUT2D eigenvalue weighted by molar-refractivity contribution is -0.139. The molecule has 0 aromatic heterocycles. The summed E-state index contributed by atoms with van der Waals surface area (Å²) in [5.41, 5.74) is 1.86. The van der Waals surface area contributed by atoms with Crippen LogP contribution in [0.25, 0.3) is 0 Å². The molecule has 3 rings (SSSR count). The summed E-state index contributed by atoms with van der Waals surface area (Å²) >= 11 is 0. The number of urea groups is 1. The lowest BCUT2D eigenvalue weighted by Gasteiger charge is -2.38. The number of carbonyl (C=O) groups excluding carboxylic acids is 2. The van der Waals surface area contributed by atoms with Crippen LogP contribution in [0.3, 0.4) is 0 Å². The Morgan fingerprint density at radius 2 is 1.75 bits per heavy atom. The third kappa shape index (κ3) is 3.98. The largest absolute Gasteiger partial charge is 0.480 e. The highest BCUT2D eigenvalue weighted by Crippen LogP contribution is 2.34. The van der Waals surface area contributed by atoms with Crippen molar-refractivity contribution in [3.05, 3.63) is 60.2 Å². The number of aliphatic carboxylic acids is 1. The molecule has 28 heavy (non-hydrogen) atoms. The van der Waals surface area contributed by atoms with Gasteiger partial charge in [0.25, 0.3) is 0 Å². The summed E-state index contributed by atoms with van der Waals surface area (Å²) in [4.78, 5) is 38.8. The van der Waals surface area contributed by atoms with Gasteiger partial charge in [0.1, 0.15) is 12.1 Å². The lowest BCUT2D eigenvalue weighted by Crippen LogP contribution is -2.59. The van der Waals surface area contributed by atoms with Crippen LogP contribution in [0.5, 0.6) is 0 Å². The SMILES string of the molecule is CC(C)[C@@H]1C(=O)Nc2ccccc2N1C(=O)N[C@@H](Cc1ccccc1)C(=O)O. The molecule has 1 heterocycles. The molecule has 1 aliphatic heterocycles. The van der Waals surface area contributed by atoms with Crippen LogP contribution >= 0.6 is 0 Å². The highest BCUT2D eigenvalue weighted by Gasteiger charge is 2.39. The standard InChI is InChI=1S/C21H23N3O4/c1-13(2)18-19(25)22-15-10-6-7-11-17(15)24(18)21(28)23-16(20(26)27)12-14-8-4-3-5-9-14/h3-11,13,16,18H,12H2,1-2H3,(H,22,25)(H,23,28)(H,26,27)/t16-,18+/m0/s1. The number of nitrogens with zero attached hydrogens (tertiary/aromatic N) is 1. The van der Waals surface area contributed by atoms with Crippen LogP contribution in [-0.2, 0) is 16.0 Å². The van der Waals surface area contributed by atoms with Gasteiger partial charge in [-0.3, -0.25) is 9.69 Å². The minimum Gasteiger partial charge on any atom is -0.480 e. The van der Waals surface area contributed by atoms with Crippen molar-refractivity contribution in [3.8, 4) is 0 Å². The van der Waals surface area contributed by atoms with Gasteiger partial charge in [-0.1, -0.05) is 56.3 Å². The van der Waals surface area contributed by atoms with Crippen molar-refractivity contribution in [2.45, 2.75) is 32.4 Å². The van der Waals surface area contributed by atoms with Gasteiger partial charge in [0.2, 0.25) is 5.91 Å². The molecule has 0 fully saturated rings. The fraction of sp³-hybridized carbons (Fsp3) is 0.286. The second-order valence-electron chi connectivity index (χ2n) is 7.10. The van der Waals surface area contributed by atoms with Gasteiger partial charge < -0.3 is 15.7 Å². The summed E-state index contributed by atoms with van der Waals surface area (Å²) in [6.07, 6.45) is 0.149. The lowest BCUT2D eigenvalue weighted by atomic mass is 9.98. The second kappa shape index (κ2) is 8.12. The molecule has 2 aromatic carbocycles. The van der Waals surface area contributed by atoms with Crippen LogP contribution in [0.15, 0.2) is 54.6 Å². The zero-order valence-corrected chi connectivity index (χ0v) is 15.8.